The van der Waals surface area contributed by atoms with Gasteiger partial charge in [-0.15, -0.1) is 0 Å². The molecule has 4 nitrogen and oxygen atoms in total. The number of hydrogen-bond donors (Lipinski definition) is 2. The van der Waals surface area contributed by atoms with Gasteiger partial charge in [-0.1, -0.05) is 60.7 Å². The van der Waals surface area contributed by atoms with Crippen molar-refractivity contribution in [3.63, 3.8) is 0 Å². The van der Waals surface area contributed by atoms with E-state index in [9.17, 15) is 0 Å². The van der Waals surface area contributed by atoms with Crippen LogP contribution in [0.1, 0.15) is 0 Å². The van der Waals surface area contributed by atoms with Gasteiger partial charge in [-0.2, -0.15) is 5.10 Å². The van der Waals surface area contributed by atoms with Gasteiger partial charge in [0.15, 0.2) is 11.6 Å². The van der Waals surface area contributed by atoms with Gasteiger partial charge in [-0.05, 0) is 12.1 Å². The zero-order valence-corrected chi connectivity index (χ0v) is 12.8. The van der Waals surface area contributed by atoms with Crippen LogP contribution in [-0.2, 0) is 0 Å². The van der Waals surface area contributed by atoms with Gasteiger partial charge >= 0.3 is 0 Å². The highest BCUT2D eigenvalue weighted by Crippen LogP contribution is 2.32. The molecule has 24 heavy (non-hydrogen) atoms. The fraction of sp³-hybridized carbons (Fsp3) is 0. The molecule has 5 aromatic rings. The molecule has 2 N–H and O–H groups in total. The summed E-state index contributed by atoms with van der Waals surface area (Å²) >= 11 is 0. The zero-order valence-electron chi connectivity index (χ0n) is 12.8. The molecule has 0 radical (unpaired) electrons. The third-order valence-corrected chi connectivity index (χ3v) is 4.31. The third kappa shape index (κ3) is 1.93. The van der Waals surface area contributed by atoms with Crippen molar-refractivity contribution < 1.29 is 0 Å². The predicted molar refractivity (Wildman–Crippen MR) is 96.6 cm³/mol. The second-order valence-electron chi connectivity index (χ2n) is 5.77. The van der Waals surface area contributed by atoms with E-state index in [4.69, 9.17) is 0 Å². The van der Waals surface area contributed by atoms with E-state index in [0.717, 1.165) is 28.0 Å². The molecule has 0 atom stereocenters. The smallest absolute Gasteiger partial charge is 0.181 e. The first kappa shape index (κ1) is 13.1. The Hall–Kier alpha value is -3.40. The summed E-state index contributed by atoms with van der Waals surface area (Å²) < 4.78 is 0. The molecule has 2 aromatic heterocycles. The Balaban J connectivity index is 1.71. The quantitative estimate of drug-likeness (QED) is 0.493. The van der Waals surface area contributed by atoms with Crippen molar-refractivity contribution in [2.75, 3.05) is 0 Å². The van der Waals surface area contributed by atoms with E-state index in [1.807, 2.05) is 36.4 Å². The normalized spacial score (nSPS) is 11.3. The summed E-state index contributed by atoms with van der Waals surface area (Å²) in [5, 5.41) is 9.86. The Morgan fingerprint density at radius 3 is 2.42 bits per heavy atom. The minimum atomic E-state index is 0.707. The molecular formula is C20H14N4. The third-order valence-electron chi connectivity index (χ3n) is 4.31. The standard InChI is InChI=1S/C20H14N4/c1-2-7-13(8-3-1)19-22-20(24-23-19)16-11-6-10-15-14-9-4-5-12-17(14)21-18(15)16/h1-12,21H,(H,22,23,24). The zero-order chi connectivity index (χ0) is 15.9. The van der Waals surface area contributed by atoms with E-state index in [1.165, 1.54) is 10.8 Å². The van der Waals surface area contributed by atoms with Gasteiger partial charge in [-0.25, -0.2) is 4.98 Å². The highest BCUT2D eigenvalue weighted by Gasteiger charge is 2.13. The summed E-state index contributed by atoms with van der Waals surface area (Å²) in [5.74, 6) is 1.48. The fourth-order valence-corrected chi connectivity index (χ4v) is 3.17. The molecular weight excluding hydrogens is 296 g/mol. The maximum absolute atomic E-state index is 4.68. The first-order valence-electron chi connectivity index (χ1n) is 7.88. The molecule has 2 heterocycles. The van der Waals surface area contributed by atoms with E-state index >= 15 is 0 Å². The van der Waals surface area contributed by atoms with Gasteiger partial charge in [0, 0.05) is 27.4 Å². The van der Waals surface area contributed by atoms with Crippen LogP contribution in [0.25, 0.3) is 44.6 Å². The molecule has 5 rings (SSSR count). The summed E-state index contributed by atoms with van der Waals surface area (Å²) in [6.45, 7) is 0. The van der Waals surface area contributed by atoms with Crippen LogP contribution in [0.15, 0.2) is 72.8 Å². The molecule has 3 aromatic carbocycles. The van der Waals surface area contributed by atoms with Crippen molar-refractivity contribution in [3.8, 4) is 22.8 Å². The van der Waals surface area contributed by atoms with Gasteiger partial charge in [0.05, 0.1) is 5.52 Å². The fourth-order valence-electron chi connectivity index (χ4n) is 3.17. The van der Waals surface area contributed by atoms with Crippen molar-refractivity contribution in [1.29, 1.82) is 0 Å². The minimum absolute atomic E-state index is 0.707. The number of H-pyrrole nitrogens is 2. The molecule has 0 aliphatic rings. The Bertz CT molecular complexity index is 1150. The van der Waals surface area contributed by atoms with Crippen LogP contribution < -0.4 is 0 Å². The van der Waals surface area contributed by atoms with Crippen molar-refractivity contribution >= 4 is 21.8 Å². The van der Waals surface area contributed by atoms with Gasteiger partial charge < -0.3 is 4.98 Å². The number of aromatic nitrogens is 4. The summed E-state index contributed by atoms with van der Waals surface area (Å²) in [4.78, 5) is 8.19. The second-order valence-corrected chi connectivity index (χ2v) is 5.77. The maximum atomic E-state index is 4.68. The van der Waals surface area contributed by atoms with Crippen LogP contribution in [0.3, 0.4) is 0 Å². The van der Waals surface area contributed by atoms with Crippen molar-refractivity contribution in [3.05, 3.63) is 72.8 Å². The first-order chi connectivity index (χ1) is 11.9. The van der Waals surface area contributed by atoms with Crippen molar-refractivity contribution in [2.45, 2.75) is 0 Å². The second kappa shape index (κ2) is 5.06. The van der Waals surface area contributed by atoms with E-state index in [2.05, 4.69) is 56.6 Å². The SMILES string of the molecule is c1ccc(-c2n[nH]c(-c3cccc4c3[nH]c3ccccc34)n2)cc1. The topological polar surface area (TPSA) is 57.4 Å². The van der Waals surface area contributed by atoms with Crippen LogP contribution in [0, 0.1) is 0 Å². The monoisotopic (exact) mass is 310 g/mol. The number of para-hydroxylation sites is 2. The van der Waals surface area contributed by atoms with Crippen LogP contribution in [0.4, 0.5) is 0 Å². The lowest BCUT2D eigenvalue weighted by Gasteiger charge is -1.98. The number of nitrogens with one attached hydrogen (secondary N) is 2. The lowest BCUT2D eigenvalue weighted by atomic mass is 10.1. The highest BCUT2D eigenvalue weighted by atomic mass is 15.2. The molecule has 0 saturated heterocycles. The molecule has 4 heteroatoms. The number of rotatable bonds is 2. The Kier molecular flexibility index (Phi) is 2.76. The minimum Gasteiger partial charge on any atom is -0.354 e. The van der Waals surface area contributed by atoms with E-state index in [1.54, 1.807) is 0 Å². The number of hydrogen-bond acceptors (Lipinski definition) is 2. The van der Waals surface area contributed by atoms with Gasteiger partial charge in [0.2, 0.25) is 0 Å². The average molecular weight is 310 g/mol. The summed E-state index contributed by atoms with van der Waals surface area (Å²) in [6, 6.07) is 24.6. The van der Waals surface area contributed by atoms with Gasteiger partial charge in [0.1, 0.15) is 0 Å². The Morgan fingerprint density at radius 2 is 1.50 bits per heavy atom. The molecule has 0 saturated carbocycles. The van der Waals surface area contributed by atoms with E-state index in [0.29, 0.717) is 5.82 Å². The lowest BCUT2D eigenvalue weighted by Crippen LogP contribution is -1.83. The Labute approximate surface area is 138 Å². The highest BCUT2D eigenvalue weighted by molar-refractivity contribution is 6.11. The molecule has 114 valence electrons. The van der Waals surface area contributed by atoms with E-state index < -0.39 is 0 Å². The molecule has 0 unspecified atom stereocenters. The first-order valence-corrected chi connectivity index (χ1v) is 7.88. The summed E-state index contributed by atoms with van der Waals surface area (Å²) in [7, 11) is 0. The molecule has 0 aliphatic heterocycles. The van der Waals surface area contributed by atoms with Crippen molar-refractivity contribution in [2.24, 2.45) is 0 Å². The predicted octanol–water partition coefficient (Wildman–Crippen LogP) is 4.77. The number of benzene rings is 3. The van der Waals surface area contributed by atoms with E-state index in [-0.39, 0.29) is 0 Å². The lowest BCUT2D eigenvalue weighted by molar-refractivity contribution is 1.10. The van der Waals surface area contributed by atoms with Crippen molar-refractivity contribution in [1.82, 2.24) is 20.2 Å². The number of nitrogens with zero attached hydrogens (tertiary/aromatic N) is 2. The maximum Gasteiger partial charge on any atom is 0.181 e. The summed E-state index contributed by atoms with van der Waals surface area (Å²) in [6.07, 6.45) is 0. The van der Waals surface area contributed by atoms with Crippen LogP contribution in [0.5, 0.6) is 0 Å². The number of fused-ring (bicyclic) bond motifs is 3. The largest absolute Gasteiger partial charge is 0.354 e. The summed E-state index contributed by atoms with van der Waals surface area (Å²) in [5.41, 5.74) is 4.24. The van der Waals surface area contributed by atoms with Crippen LogP contribution in [-0.4, -0.2) is 20.2 Å². The average Bonchev–Trinajstić information content (AvgIpc) is 3.27. The molecule has 0 fully saturated rings. The van der Waals surface area contributed by atoms with Gasteiger partial charge in [0.25, 0.3) is 0 Å². The van der Waals surface area contributed by atoms with Crippen LogP contribution >= 0.6 is 0 Å². The molecule has 0 bridgehead atoms. The Morgan fingerprint density at radius 1 is 0.708 bits per heavy atom. The molecule has 0 spiro atoms. The number of aromatic amines is 2. The molecule has 0 aliphatic carbocycles. The van der Waals surface area contributed by atoms with Gasteiger partial charge in [-0.3, -0.25) is 5.10 Å². The van der Waals surface area contributed by atoms with Crippen LogP contribution in [0.2, 0.25) is 0 Å². The molecule has 0 amide bonds.